The third-order valence-electron chi connectivity index (χ3n) is 5.99. The molecule has 2 aromatic heterocycles. The van der Waals surface area contributed by atoms with Crippen LogP contribution < -0.4 is 7.46 Å². The number of nitrogens with zero attached hydrogens (tertiary/aromatic N) is 2. The molecule has 0 N–H and O–H groups in total. The number of imidazole rings is 1. The van der Waals surface area contributed by atoms with Crippen LogP contribution in [0, 0.1) is 0 Å². The first-order chi connectivity index (χ1) is 13.2. The molecule has 0 amide bonds. The zero-order valence-electron chi connectivity index (χ0n) is 18.0. The fourth-order valence-corrected chi connectivity index (χ4v) is 23.8. The summed E-state index contributed by atoms with van der Waals surface area (Å²) in [5.74, 6) is 0. The molecule has 27 heavy (non-hydrogen) atoms. The van der Waals surface area contributed by atoms with Gasteiger partial charge in [-0.15, -0.1) is 0 Å². The van der Waals surface area contributed by atoms with E-state index in [9.17, 15) is 0 Å². The first-order valence-electron chi connectivity index (χ1n) is 11.3. The van der Waals surface area contributed by atoms with Gasteiger partial charge in [0.05, 0.1) is 0 Å². The van der Waals surface area contributed by atoms with E-state index in [1.54, 1.807) is 13.3 Å². The summed E-state index contributed by atoms with van der Waals surface area (Å²) < 4.78 is 11.2. The number of aromatic nitrogens is 2. The molecule has 0 aliphatic rings. The molecule has 0 spiro atoms. The molecule has 0 radical (unpaired) electrons. The molecule has 2 rings (SSSR count). The van der Waals surface area contributed by atoms with E-state index in [-0.39, 0.29) is 0 Å². The maximum atomic E-state index is 2.50. The summed E-state index contributed by atoms with van der Waals surface area (Å²) in [7, 11) is 0. The Bertz CT molecular complexity index is 598. The van der Waals surface area contributed by atoms with E-state index in [1.165, 1.54) is 57.9 Å². The van der Waals surface area contributed by atoms with Crippen molar-refractivity contribution in [2.24, 2.45) is 0 Å². The fraction of sp³-hybridized carbons (Fsp3) is 0.696. The van der Waals surface area contributed by atoms with Crippen molar-refractivity contribution in [2.45, 2.75) is 98.5 Å². The van der Waals surface area contributed by atoms with Gasteiger partial charge in [0.25, 0.3) is 0 Å². The number of hydrogen-bond acceptors (Lipinski definition) is 1. The predicted molar refractivity (Wildman–Crippen MR) is 123 cm³/mol. The minimum atomic E-state index is -2.16. The normalized spacial score (nSPS) is 12.0. The maximum absolute atomic E-state index is 2.50. The molecule has 0 aromatic carbocycles. The first kappa shape index (κ1) is 23.0. The molecule has 0 unspecified atom stereocenters. The molecule has 0 saturated carbocycles. The standard InChI is InChI=1S/C11H20N2.C4H3S.2C4H9.Sn/c1-3-5-6-7-8-13-10-9-12(4-2)11-13;1-2-4-5-3-1;2*1-3-4-2;/h9-11H,1,3-8H2,2H3;1-3H;2*1,3-4H2,2H3;/q+1;;;;. The van der Waals surface area contributed by atoms with E-state index in [0.717, 1.165) is 6.54 Å². The Hall–Kier alpha value is -0.291. The van der Waals surface area contributed by atoms with Crippen LogP contribution in [0.2, 0.25) is 13.3 Å². The third kappa shape index (κ3) is 7.56. The van der Waals surface area contributed by atoms with Crippen LogP contribution in [0.25, 0.3) is 0 Å². The minimum absolute atomic E-state index is 1.07. The van der Waals surface area contributed by atoms with Gasteiger partial charge in [-0.1, -0.05) is 0 Å². The zero-order valence-corrected chi connectivity index (χ0v) is 21.6. The Labute approximate surface area is 175 Å². The van der Waals surface area contributed by atoms with E-state index in [0.29, 0.717) is 0 Å². The van der Waals surface area contributed by atoms with Gasteiger partial charge in [-0.05, 0) is 0 Å². The summed E-state index contributed by atoms with van der Waals surface area (Å²) in [5.41, 5.74) is 0. The van der Waals surface area contributed by atoms with Crippen LogP contribution >= 0.6 is 11.3 Å². The van der Waals surface area contributed by atoms with Crippen molar-refractivity contribution in [3.05, 3.63) is 36.2 Å². The topological polar surface area (TPSA) is 8.81 Å². The zero-order chi connectivity index (χ0) is 19.4. The van der Waals surface area contributed by atoms with Gasteiger partial charge in [-0.25, -0.2) is 0 Å². The molecular formula is C23H41N2SSn+. The summed E-state index contributed by atoms with van der Waals surface area (Å²) in [6.07, 6.45) is 17.9. The fourth-order valence-electron chi connectivity index (χ4n) is 4.22. The number of hydrogen-bond donors (Lipinski definition) is 0. The van der Waals surface area contributed by atoms with Crippen molar-refractivity contribution in [3.63, 3.8) is 0 Å². The second kappa shape index (κ2) is 13.0. The summed E-state index contributed by atoms with van der Waals surface area (Å²) >= 11 is -0.0738. The van der Waals surface area contributed by atoms with Crippen molar-refractivity contribution < 1.29 is 4.57 Å². The Kier molecular flexibility index (Phi) is 11.1. The number of aryl methyl sites for hydroxylation is 2. The van der Waals surface area contributed by atoms with Gasteiger partial charge in [0.1, 0.15) is 0 Å². The molecule has 4 heteroatoms. The van der Waals surface area contributed by atoms with Crippen molar-refractivity contribution in [1.82, 2.24) is 4.57 Å². The van der Waals surface area contributed by atoms with E-state index >= 15 is 0 Å². The summed E-state index contributed by atoms with van der Waals surface area (Å²) in [5, 5.41) is 2.33. The number of unbranched alkanes of at least 4 members (excludes halogenated alkanes) is 5. The molecular weight excluding hydrogens is 455 g/mol. The third-order valence-corrected chi connectivity index (χ3v) is 25.3. The van der Waals surface area contributed by atoms with Gasteiger partial charge in [0.2, 0.25) is 0 Å². The molecule has 2 nitrogen and oxygen atoms in total. The summed E-state index contributed by atoms with van der Waals surface area (Å²) in [4.78, 5) is 0. The second-order valence-electron chi connectivity index (χ2n) is 8.11. The van der Waals surface area contributed by atoms with Crippen LogP contribution in [0.3, 0.4) is 0 Å². The van der Waals surface area contributed by atoms with E-state index < -0.39 is 18.4 Å². The van der Waals surface area contributed by atoms with Crippen molar-refractivity contribution in [2.75, 3.05) is 0 Å². The van der Waals surface area contributed by atoms with E-state index in [1.807, 2.05) is 2.89 Å². The number of thiophene rings is 1. The summed E-state index contributed by atoms with van der Waals surface area (Å²) in [6, 6.07) is 4.81. The number of rotatable bonds is 15. The van der Waals surface area contributed by atoms with Crippen LogP contribution in [0.5, 0.6) is 0 Å². The van der Waals surface area contributed by atoms with Crippen LogP contribution in [-0.4, -0.2) is 22.9 Å². The van der Waals surface area contributed by atoms with Gasteiger partial charge in [0, 0.05) is 0 Å². The molecule has 152 valence electrons. The van der Waals surface area contributed by atoms with Crippen molar-refractivity contribution in [3.8, 4) is 0 Å². The monoisotopic (exact) mass is 497 g/mol. The molecule has 0 fully saturated rings. The first-order valence-corrected chi connectivity index (χ1v) is 19.7. The quantitative estimate of drug-likeness (QED) is 0.154. The molecule has 0 bridgehead atoms. The molecule has 0 atom stereocenters. The van der Waals surface area contributed by atoms with Crippen molar-refractivity contribution >= 4 is 32.6 Å². The van der Waals surface area contributed by atoms with E-state index in [2.05, 4.69) is 77.5 Å². The average molecular weight is 496 g/mol. The Balaban J connectivity index is 1.81. The van der Waals surface area contributed by atoms with Crippen LogP contribution in [0.4, 0.5) is 0 Å². The van der Waals surface area contributed by atoms with Crippen LogP contribution in [0.15, 0.2) is 36.2 Å². The second-order valence-corrected chi connectivity index (χ2v) is 23.2. The Morgan fingerprint density at radius 3 is 2.22 bits per heavy atom. The summed E-state index contributed by atoms with van der Waals surface area (Å²) in [6.45, 7) is 9.19. The van der Waals surface area contributed by atoms with Gasteiger partial charge < -0.3 is 0 Å². The predicted octanol–water partition coefficient (Wildman–Crippen LogP) is 6.37. The van der Waals surface area contributed by atoms with Gasteiger partial charge in [-0.2, -0.15) is 0 Å². The van der Waals surface area contributed by atoms with Crippen LogP contribution in [-0.2, 0) is 13.1 Å². The Morgan fingerprint density at radius 1 is 0.926 bits per heavy atom. The average Bonchev–Trinajstić information content (AvgIpc) is 3.38. The van der Waals surface area contributed by atoms with Gasteiger partial charge in [-0.3, -0.25) is 0 Å². The molecule has 0 aliphatic carbocycles. The molecule has 0 aliphatic heterocycles. The molecule has 2 aromatic rings. The SMILES string of the molecule is CCC[CH2][Sn]([CH2]CCC)([CH2]CCCCC[n+]1ccn(CC)c1)[c]1cccs1. The molecule has 0 saturated heterocycles. The Morgan fingerprint density at radius 2 is 1.63 bits per heavy atom. The van der Waals surface area contributed by atoms with Gasteiger partial charge >= 0.3 is 177 Å². The van der Waals surface area contributed by atoms with E-state index in [4.69, 9.17) is 0 Å². The van der Waals surface area contributed by atoms with Crippen molar-refractivity contribution in [1.29, 1.82) is 0 Å². The molecule has 2 heterocycles. The van der Waals surface area contributed by atoms with Crippen LogP contribution in [0.1, 0.15) is 72.1 Å². The van der Waals surface area contributed by atoms with Gasteiger partial charge in [0.15, 0.2) is 0 Å².